The molecule has 0 bridgehead atoms. The summed E-state index contributed by atoms with van der Waals surface area (Å²) in [6.07, 6.45) is 2.17. The SMILES string of the molecule is CCCNc1cc(CNC(=O)c2cnc(OCCF)c(F)c2)cc(C)n1. The van der Waals surface area contributed by atoms with E-state index in [4.69, 9.17) is 4.74 Å². The zero-order valence-corrected chi connectivity index (χ0v) is 14.8. The van der Waals surface area contributed by atoms with Crippen molar-refractivity contribution in [3.05, 3.63) is 47.0 Å². The highest BCUT2D eigenvalue weighted by Crippen LogP contribution is 2.15. The Morgan fingerprint density at radius 1 is 1.31 bits per heavy atom. The second kappa shape index (κ2) is 9.65. The Labute approximate surface area is 151 Å². The van der Waals surface area contributed by atoms with Crippen molar-refractivity contribution >= 4 is 11.7 Å². The van der Waals surface area contributed by atoms with Crippen molar-refractivity contribution in [3.8, 4) is 5.88 Å². The van der Waals surface area contributed by atoms with E-state index in [1.807, 2.05) is 19.1 Å². The van der Waals surface area contributed by atoms with Crippen LogP contribution < -0.4 is 15.4 Å². The van der Waals surface area contributed by atoms with Gasteiger partial charge in [0.15, 0.2) is 5.82 Å². The molecule has 2 aromatic heterocycles. The van der Waals surface area contributed by atoms with E-state index < -0.39 is 18.4 Å². The normalized spacial score (nSPS) is 10.5. The minimum atomic E-state index is -0.808. The Kier molecular flexibility index (Phi) is 7.25. The van der Waals surface area contributed by atoms with Gasteiger partial charge in [0.25, 0.3) is 5.91 Å². The van der Waals surface area contributed by atoms with Crippen molar-refractivity contribution in [1.82, 2.24) is 15.3 Å². The van der Waals surface area contributed by atoms with Crippen LogP contribution in [0.2, 0.25) is 0 Å². The molecule has 2 heterocycles. The van der Waals surface area contributed by atoms with Crippen LogP contribution in [0.3, 0.4) is 0 Å². The number of pyridine rings is 2. The quantitative estimate of drug-likeness (QED) is 0.715. The van der Waals surface area contributed by atoms with Crippen LogP contribution in [0, 0.1) is 12.7 Å². The number of hydrogen-bond donors (Lipinski definition) is 2. The van der Waals surface area contributed by atoms with Crippen LogP contribution in [0.25, 0.3) is 0 Å². The summed E-state index contributed by atoms with van der Waals surface area (Å²) >= 11 is 0. The van der Waals surface area contributed by atoms with E-state index >= 15 is 0 Å². The summed E-state index contributed by atoms with van der Waals surface area (Å²) in [6.45, 7) is 3.98. The summed E-state index contributed by atoms with van der Waals surface area (Å²) in [4.78, 5) is 20.3. The predicted octanol–water partition coefficient (Wildman–Crippen LogP) is 3.02. The molecule has 26 heavy (non-hydrogen) atoms. The average molecular weight is 364 g/mol. The minimum absolute atomic E-state index is 0.0604. The van der Waals surface area contributed by atoms with E-state index in [1.165, 1.54) is 6.20 Å². The van der Waals surface area contributed by atoms with Gasteiger partial charge in [-0.05, 0) is 37.1 Å². The van der Waals surface area contributed by atoms with Gasteiger partial charge in [-0.15, -0.1) is 0 Å². The molecular formula is C18H22F2N4O2. The maximum absolute atomic E-state index is 13.8. The molecule has 0 aliphatic heterocycles. The van der Waals surface area contributed by atoms with E-state index in [1.54, 1.807) is 0 Å². The number of amides is 1. The van der Waals surface area contributed by atoms with Gasteiger partial charge in [-0.2, -0.15) is 0 Å². The molecule has 6 nitrogen and oxygen atoms in total. The molecule has 0 aliphatic carbocycles. The molecule has 0 atom stereocenters. The smallest absolute Gasteiger partial charge is 0.253 e. The number of carbonyl (C=O) groups is 1. The number of hydrogen-bond acceptors (Lipinski definition) is 5. The first-order valence-corrected chi connectivity index (χ1v) is 8.37. The topological polar surface area (TPSA) is 76.1 Å². The molecule has 0 saturated heterocycles. The Hall–Kier alpha value is -2.77. The molecule has 2 rings (SSSR count). The molecule has 2 N–H and O–H groups in total. The van der Waals surface area contributed by atoms with Crippen LogP contribution in [0.1, 0.15) is 35.0 Å². The van der Waals surface area contributed by atoms with Crippen molar-refractivity contribution in [2.45, 2.75) is 26.8 Å². The highest BCUT2D eigenvalue weighted by molar-refractivity contribution is 5.93. The fraction of sp³-hybridized carbons (Fsp3) is 0.389. The van der Waals surface area contributed by atoms with Gasteiger partial charge in [-0.1, -0.05) is 6.92 Å². The lowest BCUT2D eigenvalue weighted by atomic mass is 10.2. The summed E-state index contributed by atoms with van der Waals surface area (Å²) in [5, 5.41) is 5.91. The van der Waals surface area contributed by atoms with Crippen molar-refractivity contribution in [1.29, 1.82) is 0 Å². The molecule has 0 spiro atoms. The van der Waals surface area contributed by atoms with Crippen molar-refractivity contribution < 1.29 is 18.3 Å². The molecule has 0 aromatic carbocycles. The number of rotatable bonds is 9. The number of aromatic nitrogens is 2. The van der Waals surface area contributed by atoms with Crippen molar-refractivity contribution in [3.63, 3.8) is 0 Å². The standard InChI is InChI=1S/C18H22F2N4O2/c1-3-5-21-16-8-13(7-12(2)24-16)10-22-17(25)14-9-15(20)18(23-11-14)26-6-4-19/h7-9,11H,3-6,10H2,1-2H3,(H,21,24)(H,22,25). The lowest BCUT2D eigenvalue weighted by Gasteiger charge is -2.10. The molecular weight excluding hydrogens is 342 g/mol. The van der Waals surface area contributed by atoms with E-state index in [0.29, 0.717) is 0 Å². The zero-order valence-electron chi connectivity index (χ0n) is 14.8. The van der Waals surface area contributed by atoms with Crippen LogP contribution in [0.15, 0.2) is 24.4 Å². The molecule has 140 valence electrons. The predicted molar refractivity (Wildman–Crippen MR) is 94.6 cm³/mol. The molecule has 0 aliphatic rings. The van der Waals surface area contributed by atoms with Crippen molar-refractivity contribution in [2.24, 2.45) is 0 Å². The number of ether oxygens (including phenoxy) is 1. The van der Waals surface area contributed by atoms with Crippen LogP contribution >= 0.6 is 0 Å². The van der Waals surface area contributed by atoms with Gasteiger partial charge in [-0.3, -0.25) is 4.79 Å². The van der Waals surface area contributed by atoms with Gasteiger partial charge in [0, 0.05) is 25.0 Å². The maximum Gasteiger partial charge on any atom is 0.253 e. The Balaban J connectivity index is 2.00. The minimum Gasteiger partial charge on any atom is -0.473 e. The fourth-order valence-electron chi connectivity index (χ4n) is 2.26. The first-order valence-electron chi connectivity index (χ1n) is 8.37. The van der Waals surface area contributed by atoms with E-state index in [0.717, 1.165) is 36.1 Å². The lowest BCUT2D eigenvalue weighted by molar-refractivity contribution is 0.0949. The second-order valence-corrected chi connectivity index (χ2v) is 5.66. The van der Waals surface area contributed by atoms with E-state index in [-0.39, 0.29) is 24.6 Å². The Morgan fingerprint density at radius 2 is 2.12 bits per heavy atom. The number of anilines is 1. The second-order valence-electron chi connectivity index (χ2n) is 5.66. The summed E-state index contributed by atoms with van der Waals surface area (Å²) in [5.41, 5.74) is 1.77. The van der Waals surface area contributed by atoms with E-state index in [2.05, 4.69) is 27.5 Å². The third-order valence-corrected chi connectivity index (χ3v) is 3.41. The Bertz CT molecular complexity index is 756. The number of nitrogens with zero attached hydrogens (tertiary/aromatic N) is 2. The summed E-state index contributed by atoms with van der Waals surface area (Å²) in [7, 11) is 0. The van der Waals surface area contributed by atoms with Gasteiger partial charge < -0.3 is 15.4 Å². The fourth-order valence-corrected chi connectivity index (χ4v) is 2.26. The number of halogens is 2. The number of nitrogens with one attached hydrogen (secondary N) is 2. The van der Waals surface area contributed by atoms with Crippen LogP contribution in [0.5, 0.6) is 5.88 Å². The number of carbonyl (C=O) groups excluding carboxylic acids is 1. The molecule has 0 radical (unpaired) electrons. The van der Waals surface area contributed by atoms with E-state index in [9.17, 15) is 13.6 Å². The maximum atomic E-state index is 13.8. The summed E-state index contributed by atoms with van der Waals surface area (Å²) in [6, 6.07) is 4.74. The molecule has 0 fully saturated rings. The highest BCUT2D eigenvalue weighted by Gasteiger charge is 2.12. The molecule has 8 heteroatoms. The van der Waals surface area contributed by atoms with Gasteiger partial charge in [-0.25, -0.2) is 18.7 Å². The van der Waals surface area contributed by atoms with Crippen LogP contribution in [0.4, 0.5) is 14.6 Å². The number of aryl methyl sites for hydroxylation is 1. The number of alkyl halides is 1. The van der Waals surface area contributed by atoms with Gasteiger partial charge in [0.1, 0.15) is 19.1 Å². The average Bonchev–Trinajstić information content (AvgIpc) is 2.63. The summed E-state index contributed by atoms with van der Waals surface area (Å²) < 4.78 is 30.7. The Morgan fingerprint density at radius 3 is 2.81 bits per heavy atom. The van der Waals surface area contributed by atoms with Crippen LogP contribution in [-0.4, -0.2) is 35.7 Å². The van der Waals surface area contributed by atoms with Crippen LogP contribution in [-0.2, 0) is 6.54 Å². The monoisotopic (exact) mass is 364 g/mol. The summed E-state index contributed by atoms with van der Waals surface area (Å²) in [5.74, 6) is -0.850. The molecule has 2 aromatic rings. The molecule has 0 saturated carbocycles. The largest absolute Gasteiger partial charge is 0.473 e. The van der Waals surface area contributed by atoms with Gasteiger partial charge in [0.2, 0.25) is 5.88 Å². The zero-order chi connectivity index (χ0) is 18.9. The first kappa shape index (κ1) is 19.6. The third kappa shape index (κ3) is 5.65. The first-order chi connectivity index (χ1) is 12.5. The van der Waals surface area contributed by atoms with Gasteiger partial charge >= 0.3 is 0 Å². The highest BCUT2D eigenvalue weighted by atomic mass is 19.1. The molecule has 0 unspecified atom stereocenters. The van der Waals surface area contributed by atoms with Gasteiger partial charge in [0.05, 0.1) is 5.56 Å². The lowest BCUT2D eigenvalue weighted by Crippen LogP contribution is -2.23. The van der Waals surface area contributed by atoms with Crippen molar-refractivity contribution in [2.75, 3.05) is 25.1 Å². The third-order valence-electron chi connectivity index (χ3n) is 3.41. The molecule has 1 amide bonds.